The highest BCUT2D eigenvalue weighted by Gasteiger charge is 2.34. The van der Waals surface area contributed by atoms with Gasteiger partial charge in [0.2, 0.25) is 11.8 Å². The third-order valence-corrected chi connectivity index (χ3v) is 9.49. The van der Waals surface area contributed by atoms with Crippen molar-refractivity contribution in [3.8, 4) is 5.75 Å². The molecule has 1 atom stereocenters. The smallest absolute Gasteiger partial charge is 0.264 e. The number of hydrogen-bond acceptors (Lipinski definition) is 6. The van der Waals surface area contributed by atoms with E-state index >= 15 is 0 Å². The minimum Gasteiger partial charge on any atom is -0.492 e. The van der Waals surface area contributed by atoms with E-state index < -0.39 is 34.4 Å². The Morgan fingerprint density at radius 2 is 1.61 bits per heavy atom. The van der Waals surface area contributed by atoms with Crippen molar-refractivity contribution < 1.29 is 22.7 Å². The summed E-state index contributed by atoms with van der Waals surface area (Å²) in [4.78, 5) is 29.1. The number of anilines is 1. The molecule has 3 rings (SSSR count). The highest BCUT2D eigenvalue weighted by atomic mass is 35.5. The predicted molar refractivity (Wildman–Crippen MR) is 166 cm³/mol. The normalized spacial score (nSPS) is 12.0. The molecule has 0 spiro atoms. The van der Waals surface area contributed by atoms with Crippen LogP contribution in [0, 0.1) is 0 Å². The summed E-state index contributed by atoms with van der Waals surface area (Å²) in [6, 6.07) is 17.0. The van der Waals surface area contributed by atoms with Gasteiger partial charge in [0.05, 0.1) is 17.2 Å². The molecule has 0 aliphatic carbocycles. The standard InChI is InChI=1S/C29H33Cl2N3O5S2/c1-5-32-29(36)20(3)33(18-23-24(30)10-9-11-25(23)31)28(35)19-34(26-12-7-8-13-27(26)39-6-2)41(37,38)22-16-14-21(40-4)15-17-22/h7-17,20H,5-6,18-19H2,1-4H3,(H,32,36)/t20-/m0/s1. The van der Waals surface area contributed by atoms with E-state index in [-0.39, 0.29) is 23.7 Å². The summed E-state index contributed by atoms with van der Waals surface area (Å²) in [5.74, 6) is -0.735. The molecular formula is C29H33Cl2N3O5S2. The van der Waals surface area contributed by atoms with Crippen molar-refractivity contribution in [1.82, 2.24) is 10.2 Å². The molecule has 3 aromatic rings. The molecule has 0 aromatic heterocycles. The van der Waals surface area contributed by atoms with E-state index in [0.29, 0.717) is 27.9 Å². The first-order valence-corrected chi connectivity index (χ1v) is 16.4. The topological polar surface area (TPSA) is 96.0 Å². The van der Waals surface area contributed by atoms with Crippen molar-refractivity contribution in [3.63, 3.8) is 0 Å². The molecule has 12 heteroatoms. The van der Waals surface area contributed by atoms with Crippen LogP contribution in [0.1, 0.15) is 26.3 Å². The number of nitrogens with one attached hydrogen (secondary N) is 1. The molecule has 2 amide bonds. The Bertz CT molecular complexity index is 1450. The number of thioether (sulfide) groups is 1. The Balaban J connectivity index is 2.12. The number of hydrogen-bond donors (Lipinski definition) is 1. The molecule has 220 valence electrons. The largest absolute Gasteiger partial charge is 0.492 e. The lowest BCUT2D eigenvalue weighted by molar-refractivity contribution is -0.139. The zero-order valence-corrected chi connectivity index (χ0v) is 26.4. The third-order valence-electron chi connectivity index (χ3n) is 6.27. The summed E-state index contributed by atoms with van der Waals surface area (Å²) in [6.45, 7) is 5.04. The van der Waals surface area contributed by atoms with Gasteiger partial charge in [-0.25, -0.2) is 8.42 Å². The van der Waals surface area contributed by atoms with Crippen molar-refractivity contribution in [1.29, 1.82) is 0 Å². The average Bonchev–Trinajstić information content (AvgIpc) is 2.96. The summed E-state index contributed by atoms with van der Waals surface area (Å²) in [5.41, 5.74) is 0.634. The number of ether oxygens (including phenoxy) is 1. The summed E-state index contributed by atoms with van der Waals surface area (Å²) in [7, 11) is -4.25. The molecule has 0 bridgehead atoms. The van der Waals surface area contributed by atoms with E-state index in [4.69, 9.17) is 27.9 Å². The van der Waals surface area contributed by atoms with Crippen molar-refractivity contribution >= 4 is 62.5 Å². The fourth-order valence-corrected chi connectivity index (χ4v) is 6.44. The van der Waals surface area contributed by atoms with E-state index in [9.17, 15) is 18.0 Å². The monoisotopic (exact) mass is 637 g/mol. The van der Waals surface area contributed by atoms with Crippen LogP contribution in [0.5, 0.6) is 5.75 Å². The van der Waals surface area contributed by atoms with Gasteiger partial charge in [0, 0.05) is 33.6 Å². The Kier molecular flexibility index (Phi) is 11.8. The number of para-hydroxylation sites is 2. The summed E-state index contributed by atoms with van der Waals surface area (Å²) in [6.07, 6.45) is 1.89. The molecule has 0 saturated heterocycles. The molecule has 3 aromatic carbocycles. The number of carbonyl (C=O) groups is 2. The lowest BCUT2D eigenvalue weighted by Crippen LogP contribution is -2.51. The third kappa shape index (κ3) is 7.88. The molecule has 1 N–H and O–H groups in total. The van der Waals surface area contributed by atoms with Crippen LogP contribution in [-0.2, 0) is 26.2 Å². The van der Waals surface area contributed by atoms with E-state index in [1.165, 1.54) is 28.8 Å². The maximum absolute atomic E-state index is 14.1. The number of amides is 2. The molecule has 0 fully saturated rings. The van der Waals surface area contributed by atoms with Gasteiger partial charge in [0.15, 0.2) is 0 Å². The van der Waals surface area contributed by atoms with E-state index in [1.54, 1.807) is 75.4 Å². The van der Waals surface area contributed by atoms with Gasteiger partial charge in [-0.2, -0.15) is 0 Å². The Morgan fingerprint density at radius 1 is 0.976 bits per heavy atom. The second kappa shape index (κ2) is 14.8. The average molecular weight is 639 g/mol. The fraction of sp³-hybridized carbons (Fsp3) is 0.310. The lowest BCUT2D eigenvalue weighted by atomic mass is 10.1. The minimum atomic E-state index is -4.25. The van der Waals surface area contributed by atoms with Crippen molar-refractivity contribution in [2.24, 2.45) is 0 Å². The second-order valence-corrected chi connectivity index (χ2v) is 12.4. The summed E-state index contributed by atoms with van der Waals surface area (Å²) >= 11 is 14.3. The molecule has 0 heterocycles. The maximum Gasteiger partial charge on any atom is 0.264 e. The van der Waals surface area contributed by atoms with Gasteiger partial charge < -0.3 is 15.0 Å². The first kappa shape index (κ1) is 32.6. The molecule has 0 aliphatic heterocycles. The minimum absolute atomic E-state index is 0.00637. The number of likely N-dealkylation sites (N-methyl/N-ethyl adjacent to an activating group) is 1. The van der Waals surface area contributed by atoms with Gasteiger partial charge in [-0.3, -0.25) is 13.9 Å². The van der Waals surface area contributed by atoms with Crippen LogP contribution in [0.4, 0.5) is 5.69 Å². The molecule has 0 radical (unpaired) electrons. The van der Waals surface area contributed by atoms with Gasteiger partial charge in [-0.05, 0) is 75.6 Å². The summed E-state index contributed by atoms with van der Waals surface area (Å²) in [5, 5.41) is 3.36. The highest BCUT2D eigenvalue weighted by Crippen LogP contribution is 2.34. The van der Waals surface area contributed by atoms with Crippen LogP contribution in [0.3, 0.4) is 0 Å². The van der Waals surface area contributed by atoms with E-state index in [2.05, 4.69) is 5.32 Å². The first-order chi connectivity index (χ1) is 19.5. The number of sulfonamides is 1. The van der Waals surface area contributed by atoms with Gasteiger partial charge >= 0.3 is 0 Å². The SMILES string of the molecule is CCNC(=O)[C@H](C)N(Cc1c(Cl)cccc1Cl)C(=O)CN(c1ccccc1OCC)S(=O)(=O)c1ccc(SC)cc1. The van der Waals surface area contributed by atoms with Gasteiger partial charge in [0.1, 0.15) is 18.3 Å². The van der Waals surface area contributed by atoms with E-state index in [1.807, 2.05) is 6.26 Å². The lowest BCUT2D eigenvalue weighted by Gasteiger charge is -2.32. The van der Waals surface area contributed by atoms with Crippen LogP contribution < -0.4 is 14.4 Å². The molecule has 41 heavy (non-hydrogen) atoms. The van der Waals surface area contributed by atoms with Crippen molar-refractivity contribution in [2.75, 3.05) is 30.3 Å². The summed E-state index contributed by atoms with van der Waals surface area (Å²) < 4.78 is 34.9. The number of nitrogens with zero attached hydrogens (tertiary/aromatic N) is 2. The van der Waals surface area contributed by atoms with Crippen molar-refractivity contribution in [3.05, 3.63) is 82.3 Å². The fourth-order valence-electron chi connectivity index (χ4n) is 4.09. The number of benzene rings is 3. The molecule has 8 nitrogen and oxygen atoms in total. The number of carbonyl (C=O) groups excluding carboxylic acids is 2. The molecule has 0 unspecified atom stereocenters. The maximum atomic E-state index is 14.1. The van der Waals surface area contributed by atoms with Gasteiger partial charge in [0.25, 0.3) is 10.0 Å². The molecular weight excluding hydrogens is 605 g/mol. The molecule has 0 aliphatic rings. The predicted octanol–water partition coefficient (Wildman–Crippen LogP) is 5.86. The quantitative estimate of drug-likeness (QED) is 0.236. The van der Waals surface area contributed by atoms with Gasteiger partial charge in [-0.15, -0.1) is 11.8 Å². The Labute approximate surface area is 256 Å². The van der Waals surface area contributed by atoms with Gasteiger partial charge in [-0.1, -0.05) is 41.4 Å². The molecule has 0 saturated carbocycles. The van der Waals surface area contributed by atoms with Crippen molar-refractivity contribution in [2.45, 2.75) is 43.1 Å². The first-order valence-electron chi connectivity index (χ1n) is 12.9. The van der Waals surface area contributed by atoms with E-state index in [0.717, 1.165) is 9.20 Å². The Hall–Kier alpha value is -2.92. The number of halogens is 2. The van der Waals surface area contributed by atoms with Crippen LogP contribution >= 0.6 is 35.0 Å². The Morgan fingerprint density at radius 3 is 2.20 bits per heavy atom. The van der Waals surface area contributed by atoms with Crippen LogP contribution in [-0.4, -0.2) is 57.1 Å². The highest BCUT2D eigenvalue weighted by molar-refractivity contribution is 7.98. The zero-order valence-electron chi connectivity index (χ0n) is 23.3. The number of rotatable bonds is 13. The van der Waals surface area contributed by atoms with Crippen LogP contribution in [0.25, 0.3) is 0 Å². The van der Waals surface area contributed by atoms with Crippen LogP contribution in [0.15, 0.2) is 76.5 Å². The second-order valence-electron chi connectivity index (χ2n) is 8.88. The zero-order chi connectivity index (χ0) is 30.2. The van der Waals surface area contributed by atoms with Crippen LogP contribution in [0.2, 0.25) is 10.0 Å².